The fraction of sp³-hybridized carbons (Fsp3) is 0.556. The lowest BCUT2D eigenvalue weighted by Crippen LogP contribution is -2.38. The summed E-state index contributed by atoms with van der Waals surface area (Å²) in [5, 5.41) is 11.2. The largest absolute Gasteiger partial charge is 0.490 e. The number of ether oxygens (including phenoxy) is 2. The predicted molar refractivity (Wildman–Crippen MR) is 96.2 cm³/mol. The van der Waals surface area contributed by atoms with E-state index < -0.39 is 16.8 Å². The average Bonchev–Trinajstić information content (AvgIpc) is 2.62. The third-order valence-electron chi connectivity index (χ3n) is 3.98. The number of nitro groups is 1. The molecule has 0 heterocycles. The molecule has 26 heavy (non-hydrogen) atoms. The zero-order valence-corrected chi connectivity index (χ0v) is 15.9. The Morgan fingerprint density at radius 3 is 2.38 bits per heavy atom. The highest BCUT2D eigenvalue weighted by Crippen LogP contribution is 2.28. The molecule has 8 nitrogen and oxygen atoms in total. The van der Waals surface area contributed by atoms with E-state index >= 15 is 0 Å². The zero-order valence-electron chi connectivity index (χ0n) is 15.9. The van der Waals surface area contributed by atoms with Crippen molar-refractivity contribution in [2.24, 2.45) is 11.8 Å². The molecule has 0 spiro atoms. The number of amides is 1. The molecule has 0 bridgehead atoms. The minimum Gasteiger partial charge on any atom is -0.490 e. The Balaban J connectivity index is 3.12. The van der Waals surface area contributed by atoms with Crippen LogP contribution in [0.25, 0.3) is 0 Å². The highest BCUT2D eigenvalue weighted by atomic mass is 16.6. The van der Waals surface area contributed by atoms with Crippen LogP contribution in [-0.4, -0.2) is 49.0 Å². The van der Waals surface area contributed by atoms with Crippen LogP contribution in [-0.2, 0) is 9.53 Å². The van der Waals surface area contributed by atoms with Crippen LogP contribution in [0.4, 0.5) is 5.69 Å². The van der Waals surface area contributed by atoms with Gasteiger partial charge in [-0.1, -0.05) is 20.8 Å². The van der Waals surface area contributed by atoms with Crippen LogP contribution in [0.1, 0.15) is 37.6 Å². The van der Waals surface area contributed by atoms with E-state index in [-0.39, 0.29) is 29.5 Å². The Hall–Kier alpha value is -2.64. The SMILES string of the molecule is COC(=O)C(C)CN(CCC(C)C)C(=O)c1ccc(OC)c([N+](=O)[O-])c1. The van der Waals surface area contributed by atoms with Gasteiger partial charge in [-0.2, -0.15) is 0 Å². The fourth-order valence-electron chi connectivity index (χ4n) is 2.44. The molecular weight excluding hydrogens is 340 g/mol. The van der Waals surface area contributed by atoms with Crippen molar-refractivity contribution >= 4 is 17.6 Å². The molecule has 0 fully saturated rings. The quantitative estimate of drug-likeness (QED) is 0.378. The molecule has 1 aromatic rings. The van der Waals surface area contributed by atoms with Gasteiger partial charge < -0.3 is 14.4 Å². The topological polar surface area (TPSA) is 99.0 Å². The molecule has 1 atom stereocenters. The van der Waals surface area contributed by atoms with Gasteiger partial charge in [0, 0.05) is 24.7 Å². The second kappa shape index (κ2) is 9.74. The van der Waals surface area contributed by atoms with Gasteiger partial charge in [0.25, 0.3) is 5.91 Å². The van der Waals surface area contributed by atoms with Gasteiger partial charge in [0.05, 0.1) is 25.1 Å². The Labute approximate surface area is 153 Å². The number of carbonyl (C=O) groups is 2. The summed E-state index contributed by atoms with van der Waals surface area (Å²) in [7, 11) is 2.63. The smallest absolute Gasteiger partial charge is 0.311 e. The summed E-state index contributed by atoms with van der Waals surface area (Å²) in [5.74, 6) is -0.822. The van der Waals surface area contributed by atoms with Crippen LogP contribution in [0, 0.1) is 22.0 Å². The number of nitrogens with zero attached hydrogens (tertiary/aromatic N) is 2. The summed E-state index contributed by atoms with van der Waals surface area (Å²) in [4.78, 5) is 36.7. The molecule has 0 aliphatic rings. The van der Waals surface area contributed by atoms with Gasteiger partial charge in [0.15, 0.2) is 5.75 Å². The third-order valence-corrected chi connectivity index (χ3v) is 3.98. The zero-order chi connectivity index (χ0) is 19.9. The van der Waals surface area contributed by atoms with E-state index in [1.165, 1.54) is 37.3 Å². The Morgan fingerprint density at radius 1 is 1.23 bits per heavy atom. The normalized spacial score (nSPS) is 11.8. The summed E-state index contributed by atoms with van der Waals surface area (Å²) < 4.78 is 9.69. The summed E-state index contributed by atoms with van der Waals surface area (Å²) in [6, 6.07) is 4.08. The summed E-state index contributed by atoms with van der Waals surface area (Å²) in [5.41, 5.74) is -0.0958. The molecule has 1 rings (SSSR count). The maximum atomic E-state index is 12.9. The van der Waals surface area contributed by atoms with Gasteiger partial charge in [-0.25, -0.2) is 0 Å². The second-order valence-electron chi connectivity index (χ2n) is 6.50. The number of nitro benzene ring substituents is 1. The highest BCUT2D eigenvalue weighted by molar-refractivity contribution is 5.95. The highest BCUT2D eigenvalue weighted by Gasteiger charge is 2.25. The van der Waals surface area contributed by atoms with Crippen LogP contribution in [0.5, 0.6) is 5.75 Å². The lowest BCUT2D eigenvalue weighted by Gasteiger charge is -2.26. The van der Waals surface area contributed by atoms with Gasteiger partial charge in [0.2, 0.25) is 0 Å². The third kappa shape index (κ3) is 5.72. The summed E-state index contributed by atoms with van der Waals surface area (Å²) in [6.45, 7) is 6.36. The van der Waals surface area contributed by atoms with E-state index in [1.807, 2.05) is 13.8 Å². The van der Waals surface area contributed by atoms with Crippen molar-refractivity contribution in [3.8, 4) is 5.75 Å². The van der Waals surface area contributed by atoms with E-state index in [1.54, 1.807) is 6.92 Å². The van der Waals surface area contributed by atoms with Gasteiger partial charge in [-0.3, -0.25) is 19.7 Å². The molecule has 0 N–H and O–H groups in total. The van der Waals surface area contributed by atoms with Crippen molar-refractivity contribution in [1.29, 1.82) is 0 Å². The van der Waals surface area contributed by atoms with Crippen LogP contribution in [0.15, 0.2) is 18.2 Å². The average molecular weight is 366 g/mol. The fourth-order valence-corrected chi connectivity index (χ4v) is 2.44. The van der Waals surface area contributed by atoms with Crippen LogP contribution in [0.3, 0.4) is 0 Å². The first kappa shape index (κ1) is 21.4. The molecular formula is C18H26N2O6. The van der Waals surface area contributed by atoms with Crippen LogP contribution in [0.2, 0.25) is 0 Å². The molecule has 0 aliphatic carbocycles. The first-order valence-corrected chi connectivity index (χ1v) is 8.40. The van der Waals surface area contributed by atoms with Crippen LogP contribution < -0.4 is 4.74 Å². The summed E-state index contributed by atoms with van der Waals surface area (Å²) in [6.07, 6.45) is 0.748. The molecule has 144 valence electrons. The van der Waals surface area contributed by atoms with E-state index in [0.29, 0.717) is 12.5 Å². The number of carbonyl (C=O) groups excluding carboxylic acids is 2. The van der Waals surface area contributed by atoms with E-state index in [2.05, 4.69) is 0 Å². The van der Waals surface area contributed by atoms with Crippen LogP contribution >= 0.6 is 0 Å². The number of benzene rings is 1. The monoisotopic (exact) mass is 366 g/mol. The number of rotatable bonds is 9. The molecule has 0 aliphatic heterocycles. The lowest BCUT2D eigenvalue weighted by molar-refractivity contribution is -0.385. The molecule has 0 aromatic heterocycles. The predicted octanol–water partition coefficient (Wildman–Crippen LogP) is 2.90. The molecule has 1 unspecified atom stereocenters. The Kier molecular flexibility index (Phi) is 8.02. The maximum Gasteiger partial charge on any atom is 0.311 e. The van der Waals surface area contributed by atoms with E-state index in [0.717, 1.165) is 6.42 Å². The Bertz CT molecular complexity index is 659. The van der Waals surface area contributed by atoms with Crippen molar-refractivity contribution in [1.82, 2.24) is 4.90 Å². The first-order chi connectivity index (χ1) is 12.2. The van der Waals surface area contributed by atoms with Gasteiger partial charge >= 0.3 is 11.7 Å². The number of esters is 1. The molecule has 0 radical (unpaired) electrons. The van der Waals surface area contributed by atoms with Crippen molar-refractivity contribution in [2.75, 3.05) is 27.3 Å². The first-order valence-electron chi connectivity index (χ1n) is 8.40. The van der Waals surface area contributed by atoms with Gasteiger partial charge in [0.1, 0.15) is 0 Å². The van der Waals surface area contributed by atoms with Crippen molar-refractivity contribution in [3.05, 3.63) is 33.9 Å². The van der Waals surface area contributed by atoms with E-state index in [9.17, 15) is 19.7 Å². The van der Waals surface area contributed by atoms with Gasteiger partial charge in [-0.15, -0.1) is 0 Å². The molecule has 1 amide bonds. The maximum absolute atomic E-state index is 12.9. The number of methoxy groups -OCH3 is 2. The molecule has 0 saturated heterocycles. The number of hydrogen-bond acceptors (Lipinski definition) is 6. The lowest BCUT2D eigenvalue weighted by atomic mass is 10.1. The minimum absolute atomic E-state index is 0.0863. The van der Waals surface area contributed by atoms with Gasteiger partial charge in [-0.05, 0) is 24.5 Å². The van der Waals surface area contributed by atoms with Crippen molar-refractivity contribution in [2.45, 2.75) is 27.2 Å². The van der Waals surface area contributed by atoms with Crippen molar-refractivity contribution < 1.29 is 24.0 Å². The standard InChI is InChI=1S/C18H26N2O6/c1-12(2)8-9-19(11-13(3)18(22)26-5)17(21)14-6-7-16(25-4)15(10-14)20(23)24/h6-7,10,12-13H,8-9,11H2,1-5H3. The second-order valence-corrected chi connectivity index (χ2v) is 6.50. The minimum atomic E-state index is -0.592. The number of hydrogen-bond donors (Lipinski definition) is 0. The van der Waals surface area contributed by atoms with Crippen molar-refractivity contribution in [3.63, 3.8) is 0 Å². The molecule has 0 saturated carbocycles. The Morgan fingerprint density at radius 2 is 1.88 bits per heavy atom. The summed E-state index contributed by atoms with van der Waals surface area (Å²) >= 11 is 0. The molecule has 8 heteroatoms. The van der Waals surface area contributed by atoms with E-state index in [4.69, 9.17) is 9.47 Å². The molecule has 1 aromatic carbocycles.